The Balaban J connectivity index is 1.38. The van der Waals surface area contributed by atoms with E-state index >= 15 is 0 Å². The van der Waals surface area contributed by atoms with E-state index in [2.05, 4.69) is 23.2 Å². The molecule has 5 aromatic rings. The van der Waals surface area contributed by atoms with Gasteiger partial charge in [-0.1, -0.05) is 60.7 Å². The van der Waals surface area contributed by atoms with Crippen LogP contribution in [0.5, 0.6) is 0 Å². The lowest BCUT2D eigenvalue weighted by Crippen LogP contribution is -2.30. The Morgan fingerprint density at radius 3 is 2.43 bits per heavy atom. The molecule has 1 aliphatic heterocycles. The third-order valence-corrected chi connectivity index (χ3v) is 6.54. The molecular formula is C29H21N3O3. The molecule has 0 unspecified atom stereocenters. The van der Waals surface area contributed by atoms with Crippen LogP contribution in [0.4, 0.5) is 5.69 Å². The van der Waals surface area contributed by atoms with E-state index in [1.165, 1.54) is 0 Å². The van der Waals surface area contributed by atoms with E-state index in [9.17, 15) is 14.7 Å². The van der Waals surface area contributed by atoms with Crippen molar-refractivity contribution >= 4 is 28.3 Å². The molecule has 3 aromatic carbocycles. The highest BCUT2D eigenvalue weighted by atomic mass is 16.4. The van der Waals surface area contributed by atoms with Crippen molar-refractivity contribution in [2.24, 2.45) is 0 Å². The standard InChI is InChI=1S/C29H21N3O3/c33-28(20-12-14-25(30-16-20)24-10-5-8-19-6-1-3-9-23(19)24)32-18-22-13-15-27(29(34)35)31(22)17-21-7-2-4-11-26(21)32/h1-16H,17-18H2,(H,34,35). The summed E-state index contributed by atoms with van der Waals surface area (Å²) < 4.78 is 1.76. The normalized spacial score (nSPS) is 12.6. The van der Waals surface area contributed by atoms with Crippen molar-refractivity contribution < 1.29 is 14.7 Å². The third kappa shape index (κ3) is 3.56. The molecule has 0 radical (unpaired) electrons. The maximum Gasteiger partial charge on any atom is 0.352 e. The fourth-order valence-electron chi connectivity index (χ4n) is 4.81. The molecule has 170 valence electrons. The average Bonchev–Trinajstić information content (AvgIpc) is 3.21. The van der Waals surface area contributed by atoms with Crippen molar-refractivity contribution in [2.45, 2.75) is 13.1 Å². The van der Waals surface area contributed by atoms with Gasteiger partial charge in [0.15, 0.2) is 0 Å². The number of nitrogens with zero attached hydrogens (tertiary/aromatic N) is 3. The van der Waals surface area contributed by atoms with Crippen molar-refractivity contribution in [2.75, 3.05) is 4.90 Å². The van der Waals surface area contributed by atoms with Gasteiger partial charge >= 0.3 is 5.97 Å². The van der Waals surface area contributed by atoms with Gasteiger partial charge in [-0.25, -0.2) is 4.79 Å². The summed E-state index contributed by atoms with van der Waals surface area (Å²) in [6.07, 6.45) is 1.62. The lowest BCUT2D eigenvalue weighted by Gasteiger charge is -2.22. The van der Waals surface area contributed by atoms with Crippen LogP contribution in [0.2, 0.25) is 0 Å². The minimum Gasteiger partial charge on any atom is -0.477 e. The van der Waals surface area contributed by atoms with Crippen LogP contribution in [0.25, 0.3) is 22.0 Å². The lowest BCUT2D eigenvalue weighted by atomic mass is 10.0. The van der Waals surface area contributed by atoms with Crippen LogP contribution < -0.4 is 4.90 Å². The van der Waals surface area contributed by atoms with E-state index in [4.69, 9.17) is 0 Å². The molecule has 0 saturated heterocycles. The SMILES string of the molecule is O=C(O)c1ccc2n1Cc1ccccc1N(C(=O)c1ccc(-c3cccc4ccccc34)nc1)C2. The summed E-state index contributed by atoms with van der Waals surface area (Å²) in [5.41, 5.74) is 4.94. The molecular weight excluding hydrogens is 438 g/mol. The molecule has 0 saturated carbocycles. The van der Waals surface area contributed by atoms with Gasteiger partial charge in [0.1, 0.15) is 5.69 Å². The second-order valence-electron chi connectivity index (χ2n) is 8.58. The summed E-state index contributed by atoms with van der Waals surface area (Å²) in [4.78, 5) is 31.7. The molecule has 0 atom stereocenters. The number of para-hydroxylation sites is 1. The second kappa shape index (κ2) is 8.25. The summed E-state index contributed by atoms with van der Waals surface area (Å²) in [7, 11) is 0. The number of carboxylic acids is 1. The van der Waals surface area contributed by atoms with Gasteiger partial charge in [0, 0.05) is 23.1 Å². The number of rotatable bonds is 3. The number of fused-ring (bicyclic) bond motifs is 3. The van der Waals surface area contributed by atoms with Crippen LogP contribution in [0, 0.1) is 0 Å². The number of amides is 1. The first-order chi connectivity index (χ1) is 17.1. The Morgan fingerprint density at radius 1 is 0.800 bits per heavy atom. The van der Waals surface area contributed by atoms with Gasteiger partial charge in [-0.3, -0.25) is 9.78 Å². The Labute approximate surface area is 201 Å². The Kier molecular flexibility index (Phi) is 4.92. The van der Waals surface area contributed by atoms with E-state index < -0.39 is 5.97 Å². The molecule has 35 heavy (non-hydrogen) atoms. The average molecular weight is 460 g/mol. The van der Waals surface area contributed by atoms with Crippen LogP contribution in [-0.4, -0.2) is 26.5 Å². The summed E-state index contributed by atoms with van der Waals surface area (Å²) in [5, 5.41) is 11.8. The predicted molar refractivity (Wildman–Crippen MR) is 135 cm³/mol. The highest BCUT2D eigenvalue weighted by Gasteiger charge is 2.27. The molecule has 6 heteroatoms. The molecule has 0 fully saturated rings. The van der Waals surface area contributed by atoms with Crippen LogP contribution in [0.3, 0.4) is 0 Å². The zero-order chi connectivity index (χ0) is 23.9. The fourth-order valence-corrected chi connectivity index (χ4v) is 4.81. The number of anilines is 1. The number of benzene rings is 3. The first kappa shape index (κ1) is 20.9. The zero-order valence-electron chi connectivity index (χ0n) is 18.8. The summed E-state index contributed by atoms with van der Waals surface area (Å²) in [6, 6.07) is 28.9. The maximum absolute atomic E-state index is 13.7. The monoisotopic (exact) mass is 459 g/mol. The highest BCUT2D eigenvalue weighted by molar-refractivity contribution is 6.06. The maximum atomic E-state index is 13.7. The molecule has 6 nitrogen and oxygen atoms in total. The molecule has 2 aromatic heterocycles. The number of carbonyl (C=O) groups is 2. The Morgan fingerprint density at radius 2 is 1.60 bits per heavy atom. The molecule has 3 heterocycles. The van der Waals surface area contributed by atoms with Crippen molar-refractivity contribution in [3.05, 3.63) is 120 Å². The van der Waals surface area contributed by atoms with Crippen LogP contribution in [-0.2, 0) is 13.1 Å². The number of hydrogen-bond acceptors (Lipinski definition) is 3. The topological polar surface area (TPSA) is 75.4 Å². The van der Waals surface area contributed by atoms with Crippen molar-refractivity contribution in [1.82, 2.24) is 9.55 Å². The van der Waals surface area contributed by atoms with Gasteiger partial charge in [0.2, 0.25) is 0 Å². The van der Waals surface area contributed by atoms with E-state index in [1.807, 2.05) is 60.7 Å². The smallest absolute Gasteiger partial charge is 0.352 e. The largest absolute Gasteiger partial charge is 0.477 e. The number of aromatic carboxylic acids is 1. The van der Waals surface area contributed by atoms with Gasteiger partial charge in [-0.2, -0.15) is 0 Å². The van der Waals surface area contributed by atoms with Crippen molar-refractivity contribution in [3.63, 3.8) is 0 Å². The molecule has 1 aliphatic rings. The molecule has 0 spiro atoms. The minimum atomic E-state index is -0.985. The molecule has 1 N–H and O–H groups in total. The number of hydrogen-bond donors (Lipinski definition) is 1. The van der Waals surface area contributed by atoms with Crippen LogP contribution in [0.15, 0.2) is 97.2 Å². The number of carboxylic acid groups (broad SMARTS) is 1. The van der Waals surface area contributed by atoms with Gasteiger partial charge in [-0.05, 0) is 46.7 Å². The summed E-state index contributed by atoms with van der Waals surface area (Å²) in [5.74, 6) is -1.16. The van der Waals surface area contributed by atoms with Crippen molar-refractivity contribution in [3.8, 4) is 11.3 Å². The Bertz CT molecular complexity index is 1600. The fraction of sp³-hybridized carbons (Fsp3) is 0.0690. The van der Waals surface area contributed by atoms with Crippen LogP contribution >= 0.6 is 0 Å². The van der Waals surface area contributed by atoms with Crippen molar-refractivity contribution in [1.29, 1.82) is 0 Å². The number of carbonyl (C=O) groups excluding carboxylic acids is 1. The predicted octanol–water partition coefficient (Wildman–Crippen LogP) is 5.61. The third-order valence-electron chi connectivity index (χ3n) is 6.54. The van der Waals surface area contributed by atoms with E-state index in [-0.39, 0.29) is 18.1 Å². The summed E-state index contributed by atoms with van der Waals surface area (Å²) in [6.45, 7) is 0.663. The molecule has 0 bridgehead atoms. The van der Waals surface area contributed by atoms with E-state index in [0.717, 1.165) is 39.0 Å². The molecule has 6 rings (SSSR count). The highest BCUT2D eigenvalue weighted by Crippen LogP contribution is 2.31. The molecule has 1 amide bonds. The quantitative estimate of drug-likeness (QED) is 0.381. The first-order valence-corrected chi connectivity index (χ1v) is 11.4. The van der Waals surface area contributed by atoms with Crippen LogP contribution in [0.1, 0.15) is 32.1 Å². The number of aromatic nitrogens is 2. The zero-order valence-corrected chi connectivity index (χ0v) is 18.8. The van der Waals surface area contributed by atoms with Gasteiger partial charge < -0.3 is 14.6 Å². The molecule has 0 aliphatic carbocycles. The minimum absolute atomic E-state index is 0.180. The number of pyridine rings is 1. The second-order valence-corrected chi connectivity index (χ2v) is 8.58. The van der Waals surface area contributed by atoms with Gasteiger partial charge in [0.25, 0.3) is 5.91 Å². The lowest BCUT2D eigenvalue weighted by molar-refractivity contribution is 0.0685. The summed E-state index contributed by atoms with van der Waals surface area (Å²) >= 11 is 0. The Hall–Kier alpha value is -4.71. The first-order valence-electron chi connectivity index (χ1n) is 11.4. The van der Waals surface area contributed by atoms with E-state index in [0.29, 0.717) is 12.1 Å². The van der Waals surface area contributed by atoms with Gasteiger partial charge in [0.05, 0.1) is 24.3 Å². The van der Waals surface area contributed by atoms with E-state index in [1.54, 1.807) is 27.8 Å². The van der Waals surface area contributed by atoms with Gasteiger partial charge in [-0.15, -0.1) is 0 Å².